The molecule has 0 radical (unpaired) electrons. The highest BCUT2D eigenvalue weighted by Gasteiger charge is 2.41. The number of hydrazine groups is 1. The van der Waals surface area contributed by atoms with E-state index >= 15 is 0 Å². The molecule has 1 amide bonds. The first kappa shape index (κ1) is 21.3. The summed E-state index contributed by atoms with van der Waals surface area (Å²) in [6.07, 6.45) is 4.08. The number of hydrogen-bond donors (Lipinski definition) is 2. The molecule has 2 atom stereocenters. The summed E-state index contributed by atoms with van der Waals surface area (Å²) in [5.41, 5.74) is 0.811. The Morgan fingerprint density at radius 1 is 1.16 bits per heavy atom. The zero-order chi connectivity index (χ0) is 22.7. The minimum absolute atomic E-state index is 0.181. The van der Waals surface area contributed by atoms with Crippen LogP contribution in [0.3, 0.4) is 0 Å². The summed E-state index contributed by atoms with van der Waals surface area (Å²) in [6.45, 7) is 3.79. The molecule has 8 heteroatoms. The van der Waals surface area contributed by atoms with E-state index in [0.29, 0.717) is 11.4 Å². The van der Waals surface area contributed by atoms with Crippen molar-refractivity contribution in [2.45, 2.75) is 26.1 Å². The zero-order valence-corrected chi connectivity index (χ0v) is 17.8. The Morgan fingerprint density at radius 2 is 1.88 bits per heavy atom. The molecule has 0 spiro atoms. The standard InChI is InChI=1S/C24H24N4O4/c1-3-27-23(29)20(26-21-15-25-14-17-9-7-8-12-19(17)21)13-22(24(30)31)28(27)16(2)32-18-10-5-4-6-11-18/h4-16,22,26H,3H2,1-2H3,(H,30,31). The van der Waals surface area contributed by atoms with Crippen molar-refractivity contribution >= 4 is 28.3 Å². The molecular formula is C24H24N4O4. The number of nitrogens with one attached hydrogen (secondary N) is 1. The monoisotopic (exact) mass is 432 g/mol. The Balaban J connectivity index is 1.68. The molecule has 1 aromatic heterocycles. The number of carbonyl (C=O) groups is 2. The molecule has 2 N–H and O–H groups in total. The van der Waals surface area contributed by atoms with Crippen LogP contribution in [0.1, 0.15) is 13.8 Å². The molecule has 0 saturated heterocycles. The van der Waals surface area contributed by atoms with Gasteiger partial charge in [-0.05, 0) is 32.1 Å². The number of aliphatic carboxylic acids is 1. The molecule has 8 nitrogen and oxygen atoms in total. The first-order valence-electron chi connectivity index (χ1n) is 10.4. The average molecular weight is 432 g/mol. The van der Waals surface area contributed by atoms with Crippen LogP contribution in [0.15, 0.2) is 78.8 Å². The summed E-state index contributed by atoms with van der Waals surface area (Å²) in [6, 6.07) is 15.6. The number of anilines is 1. The zero-order valence-electron chi connectivity index (χ0n) is 17.8. The number of pyridine rings is 1. The van der Waals surface area contributed by atoms with Gasteiger partial charge in [0.2, 0.25) is 0 Å². The largest absolute Gasteiger partial charge is 0.480 e. The van der Waals surface area contributed by atoms with Crippen LogP contribution in [0, 0.1) is 0 Å². The van der Waals surface area contributed by atoms with Crippen molar-refractivity contribution in [3.8, 4) is 5.75 Å². The molecule has 2 aromatic carbocycles. The molecule has 0 saturated carbocycles. The summed E-state index contributed by atoms with van der Waals surface area (Å²) in [5.74, 6) is -0.848. The molecule has 4 rings (SSSR count). The van der Waals surface area contributed by atoms with Gasteiger partial charge in [0.25, 0.3) is 5.91 Å². The Labute approximate surface area is 185 Å². The van der Waals surface area contributed by atoms with Gasteiger partial charge in [-0.15, -0.1) is 0 Å². The van der Waals surface area contributed by atoms with E-state index in [-0.39, 0.29) is 18.1 Å². The van der Waals surface area contributed by atoms with E-state index in [0.717, 1.165) is 10.8 Å². The lowest BCUT2D eigenvalue weighted by molar-refractivity contribution is -0.181. The maximum atomic E-state index is 13.3. The summed E-state index contributed by atoms with van der Waals surface area (Å²) >= 11 is 0. The second kappa shape index (κ2) is 9.07. The number of benzene rings is 2. The van der Waals surface area contributed by atoms with Crippen LogP contribution in [-0.2, 0) is 9.59 Å². The maximum Gasteiger partial charge on any atom is 0.327 e. The molecule has 2 unspecified atom stereocenters. The number of carboxylic acids is 1. The van der Waals surface area contributed by atoms with Gasteiger partial charge >= 0.3 is 5.97 Å². The van der Waals surface area contributed by atoms with Crippen molar-refractivity contribution in [2.24, 2.45) is 0 Å². The molecule has 0 fully saturated rings. The number of nitrogens with zero attached hydrogens (tertiary/aromatic N) is 3. The molecule has 3 aromatic rings. The third-order valence-electron chi connectivity index (χ3n) is 5.27. The van der Waals surface area contributed by atoms with Crippen molar-refractivity contribution in [1.82, 2.24) is 15.0 Å². The van der Waals surface area contributed by atoms with Crippen molar-refractivity contribution in [2.75, 3.05) is 11.9 Å². The number of rotatable bonds is 7. The van der Waals surface area contributed by atoms with Crippen LogP contribution >= 0.6 is 0 Å². The van der Waals surface area contributed by atoms with Crippen molar-refractivity contribution in [3.05, 3.63) is 78.8 Å². The van der Waals surface area contributed by atoms with Crippen LogP contribution in [0.5, 0.6) is 5.75 Å². The normalized spacial score (nSPS) is 17.7. The van der Waals surface area contributed by atoms with E-state index in [9.17, 15) is 14.7 Å². The van der Waals surface area contributed by atoms with E-state index in [1.807, 2.05) is 42.5 Å². The smallest absolute Gasteiger partial charge is 0.327 e. The fourth-order valence-electron chi connectivity index (χ4n) is 3.82. The number of amides is 1. The highest BCUT2D eigenvalue weighted by molar-refractivity contribution is 6.02. The molecule has 32 heavy (non-hydrogen) atoms. The van der Waals surface area contributed by atoms with Gasteiger partial charge in [-0.1, -0.05) is 42.5 Å². The fourth-order valence-corrected chi connectivity index (χ4v) is 3.82. The predicted molar refractivity (Wildman–Crippen MR) is 121 cm³/mol. The van der Waals surface area contributed by atoms with Gasteiger partial charge < -0.3 is 15.2 Å². The predicted octanol–water partition coefficient (Wildman–Crippen LogP) is 3.49. The first-order chi connectivity index (χ1) is 15.5. The minimum Gasteiger partial charge on any atom is -0.480 e. The lowest BCUT2D eigenvalue weighted by Gasteiger charge is -2.43. The summed E-state index contributed by atoms with van der Waals surface area (Å²) in [7, 11) is 0. The number of carbonyl (C=O) groups excluding carboxylic acids is 1. The summed E-state index contributed by atoms with van der Waals surface area (Å²) < 4.78 is 5.93. The lowest BCUT2D eigenvalue weighted by Crippen LogP contribution is -2.62. The van der Waals surface area contributed by atoms with Crippen LogP contribution in [-0.4, -0.2) is 50.8 Å². The van der Waals surface area contributed by atoms with E-state index in [1.165, 1.54) is 16.1 Å². The molecule has 0 aliphatic carbocycles. The third kappa shape index (κ3) is 4.13. The second-order valence-electron chi connectivity index (χ2n) is 7.33. The number of aromatic nitrogens is 1. The first-order valence-corrected chi connectivity index (χ1v) is 10.4. The molecule has 0 bridgehead atoms. The fraction of sp³-hybridized carbons (Fsp3) is 0.208. The third-order valence-corrected chi connectivity index (χ3v) is 5.27. The van der Waals surface area contributed by atoms with Gasteiger partial charge in [-0.3, -0.25) is 19.6 Å². The van der Waals surface area contributed by atoms with Crippen molar-refractivity contribution in [1.29, 1.82) is 0 Å². The van der Waals surface area contributed by atoms with Gasteiger partial charge in [0, 0.05) is 23.5 Å². The van der Waals surface area contributed by atoms with E-state index in [4.69, 9.17) is 4.74 Å². The number of hydrogen-bond acceptors (Lipinski definition) is 6. The summed E-state index contributed by atoms with van der Waals surface area (Å²) in [5, 5.41) is 17.7. The van der Waals surface area contributed by atoms with Gasteiger partial charge in [0.05, 0.1) is 11.9 Å². The highest BCUT2D eigenvalue weighted by Crippen LogP contribution is 2.27. The quantitative estimate of drug-likeness (QED) is 0.590. The lowest BCUT2D eigenvalue weighted by atomic mass is 10.1. The van der Waals surface area contributed by atoms with Crippen LogP contribution < -0.4 is 10.1 Å². The molecule has 1 aliphatic rings. The number of carboxylic acid groups (broad SMARTS) is 1. The van der Waals surface area contributed by atoms with Crippen LogP contribution in [0.2, 0.25) is 0 Å². The van der Waals surface area contributed by atoms with Gasteiger partial charge in [-0.2, -0.15) is 5.01 Å². The van der Waals surface area contributed by atoms with E-state index in [1.54, 1.807) is 38.4 Å². The maximum absolute atomic E-state index is 13.3. The van der Waals surface area contributed by atoms with Crippen LogP contribution in [0.25, 0.3) is 10.8 Å². The number of ether oxygens (including phenoxy) is 1. The average Bonchev–Trinajstić information content (AvgIpc) is 2.80. The number of fused-ring (bicyclic) bond motifs is 1. The summed E-state index contributed by atoms with van der Waals surface area (Å²) in [4.78, 5) is 29.7. The Bertz CT molecular complexity index is 1160. The molecule has 2 heterocycles. The van der Waals surface area contributed by atoms with Crippen LogP contribution in [0.4, 0.5) is 5.69 Å². The Morgan fingerprint density at radius 3 is 2.59 bits per heavy atom. The molecule has 164 valence electrons. The Kier molecular flexibility index (Phi) is 6.04. The van der Waals surface area contributed by atoms with Crippen molar-refractivity contribution in [3.63, 3.8) is 0 Å². The van der Waals surface area contributed by atoms with E-state index in [2.05, 4.69) is 10.3 Å². The van der Waals surface area contributed by atoms with Gasteiger partial charge in [0.1, 0.15) is 11.4 Å². The highest BCUT2D eigenvalue weighted by atomic mass is 16.5. The topological polar surface area (TPSA) is 95.0 Å². The van der Waals surface area contributed by atoms with E-state index < -0.39 is 18.2 Å². The molecule has 1 aliphatic heterocycles. The Hall–Kier alpha value is -3.91. The van der Waals surface area contributed by atoms with Gasteiger partial charge in [0.15, 0.2) is 12.3 Å². The number of para-hydroxylation sites is 1. The minimum atomic E-state index is -1.10. The molecular weight excluding hydrogens is 408 g/mol. The van der Waals surface area contributed by atoms with Gasteiger partial charge in [-0.25, -0.2) is 0 Å². The SMILES string of the molecule is CCN1C(=O)C(Nc2cncc3ccccc23)=CC(C(=O)O)N1C(C)Oc1ccccc1. The second-order valence-corrected chi connectivity index (χ2v) is 7.33. The van der Waals surface area contributed by atoms with Crippen molar-refractivity contribution < 1.29 is 19.4 Å². The number of likely N-dealkylation sites (N-methyl/N-ethyl adjacent to an activating group) is 1.